The Hall–Kier alpha value is -0.810. The van der Waals surface area contributed by atoms with E-state index in [1.54, 1.807) is 7.11 Å². The lowest BCUT2D eigenvalue weighted by Gasteiger charge is -2.31. The normalized spacial score (nSPS) is 17.2. The summed E-state index contributed by atoms with van der Waals surface area (Å²) < 4.78 is 5.04. The molecule has 2 N–H and O–H groups in total. The van der Waals surface area contributed by atoms with E-state index < -0.39 is 0 Å². The summed E-state index contributed by atoms with van der Waals surface area (Å²) in [5.74, 6) is 0.898. The van der Waals surface area contributed by atoms with Gasteiger partial charge in [-0.2, -0.15) is 0 Å². The van der Waals surface area contributed by atoms with E-state index in [4.69, 9.17) is 4.74 Å². The molecule has 0 aromatic rings. The third-order valence-corrected chi connectivity index (χ3v) is 4.08. The molecular formula is C16H34N4O. The molecule has 21 heavy (non-hydrogen) atoms. The molecule has 0 radical (unpaired) electrons. The van der Waals surface area contributed by atoms with Gasteiger partial charge in [-0.05, 0) is 39.8 Å². The number of aliphatic imine (C=N–C) groups is 1. The summed E-state index contributed by atoms with van der Waals surface area (Å²) >= 11 is 0. The molecule has 0 saturated heterocycles. The second kappa shape index (κ2) is 11.8. The maximum absolute atomic E-state index is 5.04. The van der Waals surface area contributed by atoms with E-state index in [9.17, 15) is 0 Å². The fraction of sp³-hybridized carbons (Fsp3) is 0.938. The van der Waals surface area contributed by atoms with Gasteiger partial charge in [-0.3, -0.25) is 4.99 Å². The van der Waals surface area contributed by atoms with Gasteiger partial charge in [0.2, 0.25) is 0 Å². The number of ether oxygens (including phenoxy) is 1. The van der Waals surface area contributed by atoms with Gasteiger partial charge in [-0.15, -0.1) is 0 Å². The van der Waals surface area contributed by atoms with E-state index in [0.717, 1.165) is 44.6 Å². The van der Waals surface area contributed by atoms with Crippen molar-refractivity contribution in [2.45, 2.75) is 51.5 Å². The van der Waals surface area contributed by atoms with Gasteiger partial charge in [0.1, 0.15) is 0 Å². The highest BCUT2D eigenvalue weighted by atomic mass is 16.5. The Kier molecular flexibility index (Phi) is 10.3. The average Bonchev–Trinajstić information content (AvgIpc) is 2.52. The quantitative estimate of drug-likeness (QED) is 0.387. The minimum atomic E-state index is 0.703. The van der Waals surface area contributed by atoms with Crippen molar-refractivity contribution >= 4 is 5.96 Å². The first-order valence-corrected chi connectivity index (χ1v) is 8.49. The van der Waals surface area contributed by atoms with Crippen LogP contribution >= 0.6 is 0 Å². The lowest BCUT2D eigenvalue weighted by atomic mass is 9.94. The van der Waals surface area contributed by atoms with Crippen LogP contribution in [0.5, 0.6) is 0 Å². The second-order valence-corrected chi connectivity index (χ2v) is 5.81. The maximum atomic E-state index is 5.04. The lowest BCUT2D eigenvalue weighted by molar-refractivity contribution is 0.191. The SMILES string of the molecule is CCNC(=NCCCN(C)C1CCCCC1)NCCOC. The van der Waals surface area contributed by atoms with E-state index in [2.05, 4.69) is 34.5 Å². The molecule has 0 aromatic carbocycles. The molecular weight excluding hydrogens is 264 g/mol. The highest BCUT2D eigenvalue weighted by molar-refractivity contribution is 5.79. The molecule has 1 saturated carbocycles. The molecule has 0 aliphatic heterocycles. The van der Waals surface area contributed by atoms with Crippen LogP contribution in [0.1, 0.15) is 45.4 Å². The summed E-state index contributed by atoms with van der Waals surface area (Å²) in [5, 5.41) is 6.54. The van der Waals surface area contributed by atoms with Crippen molar-refractivity contribution in [3.05, 3.63) is 0 Å². The Morgan fingerprint density at radius 2 is 2.00 bits per heavy atom. The minimum absolute atomic E-state index is 0.703. The van der Waals surface area contributed by atoms with Gasteiger partial charge in [0.25, 0.3) is 0 Å². The van der Waals surface area contributed by atoms with E-state index in [-0.39, 0.29) is 0 Å². The van der Waals surface area contributed by atoms with E-state index >= 15 is 0 Å². The molecule has 5 heteroatoms. The number of nitrogens with zero attached hydrogens (tertiary/aromatic N) is 2. The summed E-state index contributed by atoms with van der Waals surface area (Å²) in [6.45, 7) is 6.50. The molecule has 1 aliphatic carbocycles. The molecule has 0 spiro atoms. The summed E-state index contributed by atoms with van der Waals surface area (Å²) in [4.78, 5) is 7.14. The summed E-state index contributed by atoms with van der Waals surface area (Å²) in [6.07, 6.45) is 8.10. The van der Waals surface area contributed by atoms with Gasteiger partial charge in [-0.1, -0.05) is 19.3 Å². The van der Waals surface area contributed by atoms with Crippen LogP contribution in [0.4, 0.5) is 0 Å². The van der Waals surface area contributed by atoms with Crippen LogP contribution in [0.25, 0.3) is 0 Å². The van der Waals surface area contributed by atoms with Gasteiger partial charge >= 0.3 is 0 Å². The van der Waals surface area contributed by atoms with Crippen LogP contribution in [0.3, 0.4) is 0 Å². The summed E-state index contributed by atoms with van der Waals surface area (Å²) in [5.41, 5.74) is 0. The molecule has 0 bridgehead atoms. The van der Waals surface area contributed by atoms with Crippen LogP contribution < -0.4 is 10.6 Å². The predicted molar refractivity (Wildman–Crippen MR) is 90.0 cm³/mol. The van der Waals surface area contributed by atoms with Gasteiger partial charge in [0.15, 0.2) is 5.96 Å². The number of guanidine groups is 1. The second-order valence-electron chi connectivity index (χ2n) is 5.81. The Balaban J connectivity index is 2.19. The first kappa shape index (κ1) is 18.2. The zero-order valence-corrected chi connectivity index (χ0v) is 14.2. The third-order valence-electron chi connectivity index (χ3n) is 4.08. The molecule has 0 aromatic heterocycles. The van der Waals surface area contributed by atoms with Gasteiger partial charge in [-0.25, -0.2) is 0 Å². The van der Waals surface area contributed by atoms with Crippen molar-refractivity contribution in [1.29, 1.82) is 0 Å². The number of nitrogens with one attached hydrogen (secondary N) is 2. The predicted octanol–water partition coefficient (Wildman–Crippen LogP) is 1.84. The zero-order chi connectivity index (χ0) is 15.3. The molecule has 5 nitrogen and oxygen atoms in total. The number of methoxy groups -OCH3 is 1. The largest absolute Gasteiger partial charge is 0.383 e. The maximum Gasteiger partial charge on any atom is 0.191 e. The molecule has 0 unspecified atom stereocenters. The summed E-state index contributed by atoms with van der Waals surface area (Å²) in [6, 6.07) is 0.802. The van der Waals surface area contributed by atoms with E-state index in [1.807, 2.05) is 0 Å². The van der Waals surface area contributed by atoms with Gasteiger partial charge < -0.3 is 20.3 Å². The van der Waals surface area contributed by atoms with Gasteiger partial charge in [0.05, 0.1) is 6.61 Å². The fourth-order valence-electron chi connectivity index (χ4n) is 2.83. The minimum Gasteiger partial charge on any atom is -0.383 e. The highest BCUT2D eigenvalue weighted by Crippen LogP contribution is 2.21. The lowest BCUT2D eigenvalue weighted by Crippen LogP contribution is -2.39. The molecule has 124 valence electrons. The van der Waals surface area contributed by atoms with E-state index in [0.29, 0.717) is 6.61 Å². The molecule has 0 amide bonds. The van der Waals surface area contributed by atoms with Crippen molar-refractivity contribution in [3.8, 4) is 0 Å². The Labute approximate surface area is 130 Å². The number of rotatable bonds is 9. The topological polar surface area (TPSA) is 48.9 Å². The smallest absolute Gasteiger partial charge is 0.191 e. The van der Waals surface area contributed by atoms with E-state index in [1.165, 1.54) is 32.1 Å². The van der Waals surface area contributed by atoms with Crippen LogP contribution in [-0.2, 0) is 4.74 Å². The van der Waals surface area contributed by atoms with Crippen LogP contribution in [-0.4, -0.2) is 63.8 Å². The molecule has 0 atom stereocenters. The standard InChI is InChI=1S/C16H34N4O/c1-4-17-16(19-12-14-21-3)18-11-8-13-20(2)15-9-6-5-7-10-15/h15H,4-14H2,1-3H3,(H2,17,18,19). The van der Waals surface area contributed by atoms with Crippen molar-refractivity contribution in [1.82, 2.24) is 15.5 Å². The number of hydrogen-bond donors (Lipinski definition) is 2. The first-order valence-electron chi connectivity index (χ1n) is 8.49. The van der Waals surface area contributed by atoms with Crippen molar-refractivity contribution in [2.75, 3.05) is 46.9 Å². The first-order chi connectivity index (χ1) is 10.3. The van der Waals surface area contributed by atoms with Crippen LogP contribution in [0, 0.1) is 0 Å². The third kappa shape index (κ3) is 8.27. The molecule has 1 fully saturated rings. The van der Waals surface area contributed by atoms with Crippen molar-refractivity contribution in [3.63, 3.8) is 0 Å². The molecule has 1 rings (SSSR count). The van der Waals surface area contributed by atoms with Crippen molar-refractivity contribution < 1.29 is 4.74 Å². The monoisotopic (exact) mass is 298 g/mol. The molecule has 0 heterocycles. The average molecular weight is 298 g/mol. The fourth-order valence-corrected chi connectivity index (χ4v) is 2.83. The van der Waals surface area contributed by atoms with Crippen LogP contribution in [0.2, 0.25) is 0 Å². The number of hydrogen-bond acceptors (Lipinski definition) is 3. The highest BCUT2D eigenvalue weighted by Gasteiger charge is 2.17. The molecule has 1 aliphatic rings. The Morgan fingerprint density at radius 1 is 1.24 bits per heavy atom. The zero-order valence-electron chi connectivity index (χ0n) is 14.2. The van der Waals surface area contributed by atoms with Crippen LogP contribution in [0.15, 0.2) is 4.99 Å². The Morgan fingerprint density at radius 3 is 2.67 bits per heavy atom. The van der Waals surface area contributed by atoms with Gasteiger partial charge in [0, 0.05) is 32.8 Å². The van der Waals surface area contributed by atoms with Crippen molar-refractivity contribution in [2.24, 2.45) is 4.99 Å². The Bertz CT molecular complexity index is 277. The summed E-state index contributed by atoms with van der Waals surface area (Å²) in [7, 11) is 3.98.